The number of aryl methyl sites for hydroxylation is 3. The predicted octanol–water partition coefficient (Wildman–Crippen LogP) is 5.58. The fraction of sp³-hybridized carbons (Fsp3) is 0.294. The molecule has 0 aliphatic carbocycles. The Bertz CT molecular complexity index is 614. The zero-order valence-corrected chi connectivity index (χ0v) is 13.0. The van der Waals surface area contributed by atoms with Gasteiger partial charge in [-0.15, -0.1) is 0 Å². The van der Waals surface area contributed by atoms with Crippen LogP contribution in [0.1, 0.15) is 35.2 Å². The van der Waals surface area contributed by atoms with Gasteiger partial charge >= 0.3 is 0 Å². The number of benzene rings is 2. The molecule has 2 aromatic carbocycles. The van der Waals surface area contributed by atoms with Crippen molar-refractivity contribution in [2.45, 2.75) is 33.7 Å². The second-order valence-corrected chi connectivity index (χ2v) is 5.71. The zero-order chi connectivity index (χ0) is 14.9. The Morgan fingerprint density at radius 1 is 1.05 bits per heavy atom. The minimum atomic E-state index is -0.323. The van der Waals surface area contributed by atoms with Crippen LogP contribution in [-0.4, -0.2) is 0 Å². The Hall–Kier alpha value is -1.54. The second-order valence-electron chi connectivity index (χ2n) is 5.30. The molecule has 0 aliphatic rings. The van der Waals surface area contributed by atoms with Gasteiger partial charge in [-0.25, -0.2) is 4.39 Å². The third-order valence-corrected chi connectivity index (χ3v) is 3.79. The quantitative estimate of drug-likeness (QED) is 0.778. The molecule has 2 rings (SSSR count). The van der Waals surface area contributed by atoms with E-state index in [0.717, 1.165) is 5.69 Å². The third-order valence-electron chi connectivity index (χ3n) is 3.47. The summed E-state index contributed by atoms with van der Waals surface area (Å²) in [6, 6.07) is 8.87. The van der Waals surface area contributed by atoms with Crippen LogP contribution in [0.25, 0.3) is 0 Å². The summed E-state index contributed by atoms with van der Waals surface area (Å²) in [7, 11) is 0. The summed E-state index contributed by atoms with van der Waals surface area (Å²) in [6.45, 7) is 8.41. The molecular formula is C17H19ClFN. The molecule has 0 aliphatic heterocycles. The van der Waals surface area contributed by atoms with Gasteiger partial charge in [-0.3, -0.25) is 0 Å². The maximum absolute atomic E-state index is 13.1. The first-order chi connectivity index (χ1) is 9.38. The highest BCUT2D eigenvalue weighted by molar-refractivity contribution is 6.33. The van der Waals surface area contributed by atoms with Crippen molar-refractivity contribution in [3.8, 4) is 0 Å². The largest absolute Gasteiger partial charge is 0.377 e. The van der Waals surface area contributed by atoms with Crippen LogP contribution in [0.4, 0.5) is 10.1 Å². The topological polar surface area (TPSA) is 12.0 Å². The van der Waals surface area contributed by atoms with Gasteiger partial charge < -0.3 is 5.32 Å². The summed E-state index contributed by atoms with van der Waals surface area (Å²) in [5.41, 5.74) is 5.77. The monoisotopic (exact) mass is 291 g/mol. The van der Waals surface area contributed by atoms with E-state index in [2.05, 4.69) is 45.1 Å². The van der Waals surface area contributed by atoms with E-state index in [1.807, 2.05) is 0 Å². The molecule has 1 N–H and O–H groups in total. The van der Waals surface area contributed by atoms with Gasteiger partial charge in [-0.1, -0.05) is 29.3 Å². The van der Waals surface area contributed by atoms with Crippen molar-refractivity contribution in [2.75, 3.05) is 5.32 Å². The van der Waals surface area contributed by atoms with E-state index >= 15 is 0 Å². The van der Waals surface area contributed by atoms with Crippen molar-refractivity contribution < 1.29 is 4.39 Å². The van der Waals surface area contributed by atoms with Crippen LogP contribution >= 0.6 is 11.6 Å². The highest BCUT2D eigenvalue weighted by Crippen LogP contribution is 2.30. The third kappa shape index (κ3) is 3.13. The Morgan fingerprint density at radius 3 is 2.20 bits per heavy atom. The Morgan fingerprint density at radius 2 is 1.65 bits per heavy atom. The van der Waals surface area contributed by atoms with E-state index in [-0.39, 0.29) is 11.9 Å². The molecule has 2 aromatic rings. The molecule has 20 heavy (non-hydrogen) atoms. The molecule has 1 unspecified atom stereocenters. The summed E-state index contributed by atoms with van der Waals surface area (Å²) in [5, 5.41) is 3.76. The molecule has 0 fully saturated rings. The molecule has 0 heterocycles. The molecule has 0 bridgehead atoms. The molecule has 0 amide bonds. The van der Waals surface area contributed by atoms with Gasteiger partial charge in [0.2, 0.25) is 0 Å². The van der Waals surface area contributed by atoms with Gasteiger partial charge in [0.1, 0.15) is 5.82 Å². The van der Waals surface area contributed by atoms with Crippen molar-refractivity contribution in [3.05, 3.63) is 63.4 Å². The molecule has 1 nitrogen and oxygen atoms in total. The summed E-state index contributed by atoms with van der Waals surface area (Å²) >= 11 is 6.06. The Labute approximate surface area is 124 Å². The highest BCUT2D eigenvalue weighted by atomic mass is 35.5. The molecule has 0 aromatic heterocycles. The van der Waals surface area contributed by atoms with Crippen molar-refractivity contribution in [3.63, 3.8) is 0 Å². The average Bonchev–Trinajstić information content (AvgIpc) is 2.31. The fourth-order valence-corrected chi connectivity index (χ4v) is 3.01. The number of hydrogen-bond donors (Lipinski definition) is 1. The molecule has 0 saturated carbocycles. The molecular weight excluding hydrogens is 273 g/mol. The van der Waals surface area contributed by atoms with Crippen molar-refractivity contribution in [2.24, 2.45) is 0 Å². The number of hydrogen-bond acceptors (Lipinski definition) is 1. The highest BCUT2D eigenvalue weighted by Gasteiger charge is 2.13. The van der Waals surface area contributed by atoms with Gasteiger partial charge in [0.05, 0.1) is 10.7 Å². The number of rotatable bonds is 3. The molecule has 0 saturated heterocycles. The van der Waals surface area contributed by atoms with Crippen LogP contribution < -0.4 is 5.32 Å². The van der Waals surface area contributed by atoms with Crippen LogP contribution in [0, 0.1) is 26.6 Å². The first-order valence-corrected chi connectivity index (χ1v) is 7.05. The van der Waals surface area contributed by atoms with E-state index in [1.54, 1.807) is 6.07 Å². The lowest BCUT2D eigenvalue weighted by molar-refractivity contribution is 0.628. The minimum Gasteiger partial charge on any atom is -0.377 e. The summed E-state index contributed by atoms with van der Waals surface area (Å²) in [6.07, 6.45) is 0. The first-order valence-electron chi connectivity index (χ1n) is 6.68. The van der Waals surface area contributed by atoms with Crippen LogP contribution in [0.15, 0.2) is 30.3 Å². The smallest absolute Gasteiger partial charge is 0.124 e. The Balaban J connectivity index is 2.31. The van der Waals surface area contributed by atoms with Gasteiger partial charge in [0.25, 0.3) is 0 Å². The lowest BCUT2D eigenvalue weighted by atomic mass is 9.95. The van der Waals surface area contributed by atoms with Crippen LogP contribution in [0.3, 0.4) is 0 Å². The SMILES string of the molecule is Cc1cc(C)c(C(C)Nc2ccc(F)cc2Cl)c(C)c1. The zero-order valence-electron chi connectivity index (χ0n) is 12.2. The summed E-state index contributed by atoms with van der Waals surface area (Å²) < 4.78 is 13.1. The lowest BCUT2D eigenvalue weighted by Gasteiger charge is -2.21. The van der Waals surface area contributed by atoms with Crippen LogP contribution in [-0.2, 0) is 0 Å². The van der Waals surface area contributed by atoms with Gasteiger partial charge in [-0.05, 0) is 62.6 Å². The van der Waals surface area contributed by atoms with E-state index in [9.17, 15) is 4.39 Å². The van der Waals surface area contributed by atoms with E-state index in [1.165, 1.54) is 34.4 Å². The van der Waals surface area contributed by atoms with Gasteiger partial charge in [0, 0.05) is 6.04 Å². The van der Waals surface area contributed by atoms with E-state index < -0.39 is 0 Å². The van der Waals surface area contributed by atoms with E-state index in [0.29, 0.717) is 5.02 Å². The van der Waals surface area contributed by atoms with Crippen molar-refractivity contribution in [1.29, 1.82) is 0 Å². The summed E-state index contributed by atoms with van der Waals surface area (Å²) in [5.74, 6) is -0.323. The molecule has 3 heteroatoms. The van der Waals surface area contributed by atoms with Crippen LogP contribution in [0.2, 0.25) is 5.02 Å². The standard InChI is InChI=1S/C17H19ClFN/c1-10-7-11(2)17(12(3)8-10)13(4)20-16-6-5-14(19)9-15(16)18/h5-9,13,20H,1-4H3. The summed E-state index contributed by atoms with van der Waals surface area (Å²) in [4.78, 5) is 0. The Kier molecular flexibility index (Phi) is 4.34. The van der Waals surface area contributed by atoms with Gasteiger partial charge in [-0.2, -0.15) is 0 Å². The molecule has 1 atom stereocenters. The number of anilines is 1. The lowest BCUT2D eigenvalue weighted by Crippen LogP contribution is -2.10. The van der Waals surface area contributed by atoms with Gasteiger partial charge in [0.15, 0.2) is 0 Å². The first kappa shape index (κ1) is 14.9. The molecule has 0 radical (unpaired) electrons. The number of nitrogens with one attached hydrogen (secondary N) is 1. The normalized spacial score (nSPS) is 12.3. The van der Waals surface area contributed by atoms with Crippen molar-refractivity contribution >= 4 is 17.3 Å². The maximum atomic E-state index is 13.1. The average molecular weight is 292 g/mol. The minimum absolute atomic E-state index is 0.110. The fourth-order valence-electron chi connectivity index (χ4n) is 2.79. The molecule has 0 spiro atoms. The predicted molar refractivity (Wildman–Crippen MR) is 84.1 cm³/mol. The second kappa shape index (κ2) is 5.84. The number of halogens is 2. The molecule has 106 valence electrons. The van der Waals surface area contributed by atoms with Crippen LogP contribution in [0.5, 0.6) is 0 Å². The van der Waals surface area contributed by atoms with E-state index in [4.69, 9.17) is 11.6 Å². The maximum Gasteiger partial charge on any atom is 0.124 e. The van der Waals surface area contributed by atoms with Crippen molar-refractivity contribution in [1.82, 2.24) is 0 Å².